The van der Waals surface area contributed by atoms with E-state index in [4.69, 9.17) is 23.2 Å². The molecule has 0 saturated carbocycles. The van der Waals surface area contributed by atoms with Crippen LogP contribution < -0.4 is 0 Å². The van der Waals surface area contributed by atoms with Crippen LogP contribution in [0, 0.1) is 0 Å². The Morgan fingerprint density at radius 3 is 1.56 bits per heavy atom. The van der Waals surface area contributed by atoms with Crippen LogP contribution in [0.25, 0.3) is 12.2 Å². The molecule has 0 atom stereocenters. The van der Waals surface area contributed by atoms with Gasteiger partial charge in [0.25, 0.3) is 0 Å². The second-order valence-electron chi connectivity index (χ2n) is 5.20. The van der Waals surface area contributed by atoms with Crippen molar-refractivity contribution in [3.63, 3.8) is 0 Å². The molecular weight excluding hydrogens is 363 g/mol. The van der Waals surface area contributed by atoms with Crippen LogP contribution in [0.15, 0.2) is 48.6 Å². The highest BCUT2D eigenvalue weighted by atomic mass is 35.5. The first-order valence-corrected chi connectivity index (χ1v) is 7.99. The first kappa shape index (κ1) is 18.8. The molecular formula is C19H14Cl2O4. The zero-order valence-electron chi connectivity index (χ0n) is 12.9. The standard InChI is InChI=1S/C19H14Cl2O4/c20-16-9-12(3-7-18(16)24)1-5-14(22)11-15(23)6-2-13-4-8-19(25)17(21)10-13/h1-10,24-25H,11H2/b5-1+,6-2+. The molecule has 0 unspecified atom stereocenters. The van der Waals surface area contributed by atoms with Crippen molar-refractivity contribution in [2.24, 2.45) is 0 Å². The second kappa shape index (κ2) is 8.51. The Morgan fingerprint density at radius 2 is 1.20 bits per heavy atom. The van der Waals surface area contributed by atoms with E-state index in [9.17, 15) is 19.8 Å². The van der Waals surface area contributed by atoms with E-state index in [2.05, 4.69) is 0 Å². The summed E-state index contributed by atoms with van der Waals surface area (Å²) in [5.41, 5.74) is 1.27. The first-order valence-electron chi connectivity index (χ1n) is 7.24. The number of rotatable bonds is 6. The molecule has 0 aliphatic heterocycles. The van der Waals surface area contributed by atoms with Crippen molar-refractivity contribution in [3.05, 3.63) is 69.7 Å². The van der Waals surface area contributed by atoms with E-state index < -0.39 is 0 Å². The number of aromatic hydroxyl groups is 2. The van der Waals surface area contributed by atoms with Crippen LogP contribution in [-0.4, -0.2) is 21.8 Å². The van der Waals surface area contributed by atoms with Gasteiger partial charge in [0.05, 0.1) is 16.5 Å². The Bertz CT molecular complexity index is 798. The van der Waals surface area contributed by atoms with Crippen LogP contribution in [0.5, 0.6) is 11.5 Å². The SMILES string of the molecule is O=C(/C=C/c1ccc(O)c(Cl)c1)CC(=O)/C=C/c1ccc(O)c(Cl)c1. The van der Waals surface area contributed by atoms with E-state index in [0.717, 1.165) is 0 Å². The number of carbonyl (C=O) groups is 2. The zero-order valence-corrected chi connectivity index (χ0v) is 14.5. The van der Waals surface area contributed by atoms with Gasteiger partial charge in [0.1, 0.15) is 11.5 Å². The quantitative estimate of drug-likeness (QED) is 0.567. The van der Waals surface area contributed by atoms with Crippen molar-refractivity contribution in [1.82, 2.24) is 0 Å². The van der Waals surface area contributed by atoms with Gasteiger partial charge in [-0.15, -0.1) is 0 Å². The summed E-state index contributed by atoms with van der Waals surface area (Å²) in [6, 6.07) is 9.06. The number of ketones is 2. The molecule has 25 heavy (non-hydrogen) atoms. The van der Waals surface area contributed by atoms with E-state index in [1.165, 1.54) is 48.6 Å². The van der Waals surface area contributed by atoms with Crippen LogP contribution >= 0.6 is 23.2 Å². The minimum atomic E-state index is -0.359. The molecule has 0 aliphatic carbocycles. The molecule has 0 radical (unpaired) electrons. The van der Waals surface area contributed by atoms with Gasteiger partial charge in [0.2, 0.25) is 0 Å². The predicted octanol–water partition coefficient (Wildman–Crippen LogP) is 4.66. The predicted molar refractivity (Wildman–Crippen MR) is 98.9 cm³/mol. The number of phenols is 2. The fourth-order valence-electron chi connectivity index (χ4n) is 1.92. The minimum Gasteiger partial charge on any atom is -0.506 e. The summed E-state index contributed by atoms with van der Waals surface area (Å²) in [5.74, 6) is -0.801. The molecule has 6 heteroatoms. The molecule has 0 fully saturated rings. The average Bonchev–Trinajstić information content (AvgIpc) is 2.57. The lowest BCUT2D eigenvalue weighted by Crippen LogP contribution is -2.01. The normalized spacial score (nSPS) is 11.3. The number of hydrogen-bond acceptors (Lipinski definition) is 4. The molecule has 0 saturated heterocycles. The van der Waals surface area contributed by atoms with Gasteiger partial charge in [-0.1, -0.05) is 47.5 Å². The summed E-state index contributed by atoms with van der Waals surface area (Å²) in [6.07, 6.45) is 5.33. The number of halogens is 2. The molecule has 0 aliphatic rings. The fraction of sp³-hybridized carbons (Fsp3) is 0.0526. The van der Waals surface area contributed by atoms with Crippen molar-refractivity contribution in [1.29, 1.82) is 0 Å². The van der Waals surface area contributed by atoms with Crippen molar-refractivity contribution in [2.45, 2.75) is 6.42 Å². The Hall–Kier alpha value is -2.56. The van der Waals surface area contributed by atoms with Crippen LogP contribution in [0.2, 0.25) is 10.0 Å². The molecule has 0 amide bonds. The van der Waals surface area contributed by atoms with E-state index in [1.807, 2.05) is 0 Å². The van der Waals surface area contributed by atoms with Gasteiger partial charge in [0.15, 0.2) is 11.6 Å². The smallest absolute Gasteiger partial charge is 0.163 e. The fourth-order valence-corrected chi connectivity index (χ4v) is 2.30. The molecule has 2 aromatic rings. The van der Waals surface area contributed by atoms with Gasteiger partial charge in [-0.2, -0.15) is 0 Å². The maximum Gasteiger partial charge on any atom is 0.163 e. The van der Waals surface area contributed by atoms with Gasteiger partial charge in [-0.3, -0.25) is 9.59 Å². The van der Waals surface area contributed by atoms with Crippen molar-refractivity contribution in [2.75, 3.05) is 0 Å². The number of allylic oxidation sites excluding steroid dienone is 2. The van der Waals surface area contributed by atoms with Crippen LogP contribution in [0.3, 0.4) is 0 Å². The summed E-state index contributed by atoms with van der Waals surface area (Å²) in [7, 11) is 0. The van der Waals surface area contributed by atoms with Crippen molar-refractivity contribution >= 4 is 46.9 Å². The lowest BCUT2D eigenvalue weighted by atomic mass is 10.1. The third-order valence-electron chi connectivity index (χ3n) is 3.22. The summed E-state index contributed by atoms with van der Waals surface area (Å²) < 4.78 is 0. The summed E-state index contributed by atoms with van der Waals surface area (Å²) >= 11 is 11.6. The number of carbonyl (C=O) groups excluding carboxylic acids is 2. The summed E-state index contributed by atoms with van der Waals surface area (Å²) in [4.78, 5) is 23.6. The van der Waals surface area contributed by atoms with Gasteiger partial charge in [-0.05, 0) is 47.5 Å². The number of benzene rings is 2. The highest BCUT2D eigenvalue weighted by molar-refractivity contribution is 6.32. The second-order valence-corrected chi connectivity index (χ2v) is 6.01. The zero-order chi connectivity index (χ0) is 18.4. The summed E-state index contributed by atoms with van der Waals surface area (Å²) in [5, 5.41) is 19.0. The topological polar surface area (TPSA) is 74.6 Å². The largest absolute Gasteiger partial charge is 0.506 e. The maximum absolute atomic E-state index is 11.8. The van der Waals surface area contributed by atoms with Gasteiger partial charge in [-0.25, -0.2) is 0 Å². The Balaban J connectivity index is 1.94. The molecule has 0 bridgehead atoms. The lowest BCUT2D eigenvalue weighted by molar-refractivity contribution is -0.121. The van der Waals surface area contributed by atoms with Crippen molar-refractivity contribution in [3.8, 4) is 11.5 Å². The maximum atomic E-state index is 11.8. The van der Waals surface area contributed by atoms with Gasteiger partial charge < -0.3 is 10.2 Å². The monoisotopic (exact) mass is 376 g/mol. The van der Waals surface area contributed by atoms with E-state index >= 15 is 0 Å². The number of hydrogen-bond donors (Lipinski definition) is 2. The third-order valence-corrected chi connectivity index (χ3v) is 3.82. The minimum absolute atomic E-state index is 0.0419. The molecule has 0 aromatic heterocycles. The van der Waals surface area contributed by atoms with Crippen LogP contribution in [0.4, 0.5) is 0 Å². The molecule has 0 spiro atoms. The van der Waals surface area contributed by atoms with E-state index in [-0.39, 0.29) is 39.5 Å². The van der Waals surface area contributed by atoms with Crippen molar-refractivity contribution < 1.29 is 19.8 Å². The Morgan fingerprint density at radius 1 is 0.800 bits per heavy atom. The van der Waals surface area contributed by atoms with Crippen LogP contribution in [-0.2, 0) is 9.59 Å². The summed E-state index contributed by atoms with van der Waals surface area (Å²) in [6.45, 7) is 0. The van der Waals surface area contributed by atoms with Gasteiger partial charge >= 0.3 is 0 Å². The lowest BCUT2D eigenvalue weighted by Gasteiger charge is -1.98. The highest BCUT2D eigenvalue weighted by Crippen LogP contribution is 2.25. The average molecular weight is 377 g/mol. The Kier molecular flexibility index (Phi) is 6.39. The number of phenolic OH excluding ortho intramolecular Hbond substituents is 2. The molecule has 4 nitrogen and oxygen atoms in total. The van der Waals surface area contributed by atoms with E-state index in [1.54, 1.807) is 12.1 Å². The van der Waals surface area contributed by atoms with Crippen LogP contribution in [0.1, 0.15) is 17.5 Å². The third kappa shape index (κ3) is 5.78. The molecule has 2 aromatic carbocycles. The highest BCUT2D eigenvalue weighted by Gasteiger charge is 2.05. The van der Waals surface area contributed by atoms with E-state index in [0.29, 0.717) is 11.1 Å². The molecule has 2 N–H and O–H groups in total. The first-order chi connectivity index (χ1) is 11.8. The molecule has 0 heterocycles. The Labute approximate surface area is 154 Å². The van der Waals surface area contributed by atoms with Gasteiger partial charge in [0, 0.05) is 0 Å². The molecule has 128 valence electrons. The molecule has 2 rings (SSSR count).